The predicted octanol–water partition coefficient (Wildman–Crippen LogP) is 4.33. The first-order valence-corrected chi connectivity index (χ1v) is 6.87. The summed E-state index contributed by atoms with van der Waals surface area (Å²) in [6, 6.07) is 18.5. The first-order valence-electron chi connectivity index (χ1n) is 6.87. The average Bonchev–Trinajstić information content (AvgIpc) is 2.52. The second-order valence-corrected chi connectivity index (χ2v) is 4.46. The number of ether oxygens (including phenoxy) is 2. The predicted molar refractivity (Wildman–Crippen MR) is 83.0 cm³/mol. The molecule has 0 N–H and O–H groups in total. The van der Waals surface area contributed by atoms with E-state index in [4.69, 9.17) is 9.47 Å². The number of hydrogen-bond acceptors (Lipinski definition) is 2. The van der Waals surface area contributed by atoms with Gasteiger partial charge >= 0.3 is 0 Å². The highest BCUT2D eigenvalue weighted by molar-refractivity contribution is 5.63. The fraction of sp³-hybridized carbons (Fsp3) is 0.222. The van der Waals surface area contributed by atoms with Gasteiger partial charge in [-0.25, -0.2) is 0 Å². The molecule has 0 spiro atoms. The van der Waals surface area contributed by atoms with Crippen LogP contribution >= 0.6 is 0 Å². The summed E-state index contributed by atoms with van der Waals surface area (Å²) in [5.74, 6) is 0.897. The van der Waals surface area contributed by atoms with Crippen molar-refractivity contribution < 1.29 is 9.47 Å². The van der Waals surface area contributed by atoms with Gasteiger partial charge in [-0.05, 0) is 23.3 Å². The Kier molecular flexibility index (Phi) is 5.87. The van der Waals surface area contributed by atoms with Gasteiger partial charge in [-0.3, -0.25) is 0 Å². The Labute approximate surface area is 120 Å². The largest absolute Gasteiger partial charge is 0.494 e. The molecule has 0 aliphatic rings. The van der Waals surface area contributed by atoms with E-state index in [0.29, 0.717) is 19.8 Å². The van der Waals surface area contributed by atoms with Gasteiger partial charge in [-0.2, -0.15) is 0 Å². The minimum absolute atomic E-state index is 0.603. The third-order valence-electron chi connectivity index (χ3n) is 2.90. The summed E-state index contributed by atoms with van der Waals surface area (Å²) in [6.07, 6.45) is 2.64. The lowest BCUT2D eigenvalue weighted by atomic mass is 10.1. The van der Waals surface area contributed by atoms with Crippen molar-refractivity contribution in [2.24, 2.45) is 0 Å². The van der Waals surface area contributed by atoms with Crippen molar-refractivity contribution in [2.45, 2.75) is 6.42 Å². The topological polar surface area (TPSA) is 18.5 Å². The van der Waals surface area contributed by atoms with E-state index in [9.17, 15) is 0 Å². The fourth-order valence-electron chi connectivity index (χ4n) is 1.89. The van der Waals surface area contributed by atoms with E-state index in [2.05, 4.69) is 30.8 Å². The zero-order valence-electron chi connectivity index (χ0n) is 11.6. The first kappa shape index (κ1) is 14.4. The monoisotopic (exact) mass is 268 g/mol. The zero-order chi connectivity index (χ0) is 14.0. The molecule has 2 aromatic carbocycles. The van der Waals surface area contributed by atoms with E-state index in [1.165, 1.54) is 11.1 Å². The molecule has 0 amide bonds. The van der Waals surface area contributed by atoms with Crippen molar-refractivity contribution in [1.82, 2.24) is 0 Å². The van der Waals surface area contributed by atoms with Gasteiger partial charge in [0.05, 0.1) is 19.8 Å². The third-order valence-corrected chi connectivity index (χ3v) is 2.90. The maximum absolute atomic E-state index is 5.67. The van der Waals surface area contributed by atoms with E-state index >= 15 is 0 Å². The molecule has 0 aromatic heterocycles. The van der Waals surface area contributed by atoms with Crippen LogP contribution in [0.3, 0.4) is 0 Å². The molecule has 2 aromatic rings. The minimum atomic E-state index is 0.603. The Bertz CT molecular complexity index is 503. The van der Waals surface area contributed by atoms with Crippen LogP contribution in [-0.2, 0) is 4.74 Å². The lowest BCUT2D eigenvalue weighted by molar-refractivity contribution is 0.143. The van der Waals surface area contributed by atoms with Crippen LogP contribution in [0.25, 0.3) is 11.1 Å². The highest BCUT2D eigenvalue weighted by atomic mass is 16.5. The first-order chi connectivity index (χ1) is 9.90. The summed E-state index contributed by atoms with van der Waals surface area (Å²) in [6.45, 7) is 5.58. The van der Waals surface area contributed by atoms with Crippen molar-refractivity contribution in [1.29, 1.82) is 0 Å². The van der Waals surface area contributed by atoms with Gasteiger partial charge in [0.15, 0.2) is 0 Å². The molecular formula is C18H20O2. The maximum Gasteiger partial charge on any atom is 0.119 e. The smallest absolute Gasteiger partial charge is 0.119 e. The van der Waals surface area contributed by atoms with Crippen LogP contribution in [0.2, 0.25) is 0 Å². The van der Waals surface area contributed by atoms with Crippen molar-refractivity contribution in [3.05, 3.63) is 67.3 Å². The lowest BCUT2D eigenvalue weighted by Crippen LogP contribution is -2.02. The number of benzene rings is 2. The molecule has 20 heavy (non-hydrogen) atoms. The second kappa shape index (κ2) is 8.18. The molecule has 2 nitrogen and oxygen atoms in total. The summed E-state index contributed by atoms with van der Waals surface area (Å²) in [4.78, 5) is 0. The third kappa shape index (κ3) is 4.56. The van der Waals surface area contributed by atoms with Gasteiger partial charge < -0.3 is 9.47 Å². The van der Waals surface area contributed by atoms with Gasteiger partial charge in [0.1, 0.15) is 5.75 Å². The SMILES string of the molecule is C=CCOCCCOc1ccc(-c2ccccc2)cc1. The second-order valence-electron chi connectivity index (χ2n) is 4.46. The molecule has 0 heterocycles. The Hall–Kier alpha value is -2.06. The normalized spacial score (nSPS) is 10.2. The molecule has 0 saturated heterocycles. The summed E-state index contributed by atoms with van der Waals surface area (Å²) in [7, 11) is 0. The van der Waals surface area contributed by atoms with Crippen LogP contribution in [0.1, 0.15) is 6.42 Å². The van der Waals surface area contributed by atoms with E-state index < -0.39 is 0 Å². The van der Waals surface area contributed by atoms with Gasteiger partial charge in [0, 0.05) is 6.42 Å². The van der Waals surface area contributed by atoms with Crippen LogP contribution in [0.5, 0.6) is 5.75 Å². The van der Waals surface area contributed by atoms with Crippen molar-refractivity contribution in [2.75, 3.05) is 19.8 Å². The molecule has 0 radical (unpaired) electrons. The highest BCUT2D eigenvalue weighted by Gasteiger charge is 1.98. The Morgan fingerprint density at radius 2 is 1.55 bits per heavy atom. The standard InChI is InChI=1S/C18H20O2/c1-2-13-19-14-6-15-20-18-11-9-17(10-12-18)16-7-4-3-5-8-16/h2-5,7-12H,1,6,13-15H2. The highest BCUT2D eigenvalue weighted by Crippen LogP contribution is 2.21. The van der Waals surface area contributed by atoms with Crippen molar-refractivity contribution in [3.63, 3.8) is 0 Å². The molecule has 2 rings (SSSR count). The number of hydrogen-bond donors (Lipinski definition) is 0. The average molecular weight is 268 g/mol. The summed E-state index contributed by atoms with van der Waals surface area (Å²) in [5, 5.41) is 0. The van der Waals surface area contributed by atoms with Gasteiger partial charge in [-0.1, -0.05) is 48.5 Å². The molecule has 0 aliphatic carbocycles. The molecule has 0 atom stereocenters. The van der Waals surface area contributed by atoms with E-state index in [1.54, 1.807) is 6.08 Å². The van der Waals surface area contributed by atoms with E-state index in [0.717, 1.165) is 12.2 Å². The summed E-state index contributed by atoms with van der Waals surface area (Å²) in [5.41, 5.74) is 2.42. The van der Waals surface area contributed by atoms with Gasteiger partial charge in [-0.15, -0.1) is 6.58 Å². The van der Waals surface area contributed by atoms with Crippen LogP contribution in [0.4, 0.5) is 0 Å². The van der Waals surface area contributed by atoms with E-state index in [-0.39, 0.29) is 0 Å². The van der Waals surface area contributed by atoms with Gasteiger partial charge in [0.2, 0.25) is 0 Å². The molecule has 2 heteroatoms. The summed E-state index contributed by atoms with van der Waals surface area (Å²) < 4.78 is 11.0. The van der Waals surface area contributed by atoms with Crippen LogP contribution < -0.4 is 4.74 Å². The quantitative estimate of drug-likeness (QED) is 0.524. The lowest BCUT2D eigenvalue weighted by Gasteiger charge is -2.07. The van der Waals surface area contributed by atoms with Crippen molar-refractivity contribution in [3.8, 4) is 16.9 Å². The van der Waals surface area contributed by atoms with E-state index in [1.807, 2.05) is 30.3 Å². The maximum atomic E-state index is 5.67. The van der Waals surface area contributed by atoms with Crippen LogP contribution in [-0.4, -0.2) is 19.8 Å². The Morgan fingerprint density at radius 1 is 0.850 bits per heavy atom. The molecule has 0 unspecified atom stereocenters. The van der Waals surface area contributed by atoms with Crippen molar-refractivity contribution >= 4 is 0 Å². The van der Waals surface area contributed by atoms with Crippen LogP contribution in [0.15, 0.2) is 67.3 Å². The van der Waals surface area contributed by atoms with Gasteiger partial charge in [0.25, 0.3) is 0 Å². The molecule has 104 valence electrons. The summed E-state index contributed by atoms with van der Waals surface area (Å²) >= 11 is 0. The Morgan fingerprint density at radius 3 is 2.25 bits per heavy atom. The molecular weight excluding hydrogens is 248 g/mol. The fourth-order valence-corrected chi connectivity index (χ4v) is 1.89. The number of rotatable bonds is 8. The molecule has 0 saturated carbocycles. The zero-order valence-corrected chi connectivity index (χ0v) is 11.6. The molecule has 0 aliphatic heterocycles. The minimum Gasteiger partial charge on any atom is -0.494 e. The molecule has 0 fully saturated rings. The Balaban J connectivity index is 1.79. The van der Waals surface area contributed by atoms with Crippen LogP contribution in [0, 0.1) is 0 Å². The molecule has 0 bridgehead atoms.